The molecule has 2 aromatic carbocycles. The molecule has 1 aliphatic rings. The van der Waals surface area contributed by atoms with E-state index >= 15 is 0 Å². The van der Waals surface area contributed by atoms with Gasteiger partial charge in [0.25, 0.3) is 5.91 Å². The van der Waals surface area contributed by atoms with Crippen LogP contribution in [0.3, 0.4) is 0 Å². The van der Waals surface area contributed by atoms with Crippen molar-refractivity contribution in [3.63, 3.8) is 0 Å². The normalized spacial score (nSPS) is 14.6. The van der Waals surface area contributed by atoms with Crippen molar-refractivity contribution < 1.29 is 29.0 Å². The number of hydrogen-bond donors (Lipinski definition) is 1. The zero-order chi connectivity index (χ0) is 21.7. The molecule has 3 rings (SSSR count). The fourth-order valence-electron chi connectivity index (χ4n) is 2.83. The van der Waals surface area contributed by atoms with Gasteiger partial charge in [0, 0.05) is 5.56 Å². The summed E-state index contributed by atoms with van der Waals surface area (Å²) in [5, 5.41) is 14.5. The molecule has 0 aliphatic carbocycles. The molecule has 8 nitrogen and oxygen atoms in total. The lowest BCUT2D eigenvalue weighted by molar-refractivity contribution is -0.145. The molecule has 0 saturated carbocycles. The van der Waals surface area contributed by atoms with Crippen LogP contribution in [0.25, 0.3) is 6.08 Å². The zero-order valence-corrected chi connectivity index (χ0v) is 16.5. The standard InChI is InChI=1S/C22H20N2O6/c1-3-29-20(25)13-30-19-7-5-4-6-16(19)12-18-14(2)23-24(21(18)26)17-10-8-15(9-11-17)22(27)28/h4-12H,3,13H2,1-2H3,(H,27,28)/b18-12+. The van der Waals surface area contributed by atoms with Gasteiger partial charge in [0.05, 0.1) is 29.1 Å². The number of amides is 1. The number of aromatic carboxylic acids is 1. The summed E-state index contributed by atoms with van der Waals surface area (Å²) in [5.41, 5.74) is 2.06. The Morgan fingerprint density at radius 2 is 1.83 bits per heavy atom. The van der Waals surface area contributed by atoms with Crippen LogP contribution in [0.4, 0.5) is 5.69 Å². The van der Waals surface area contributed by atoms with Gasteiger partial charge in [-0.05, 0) is 50.3 Å². The summed E-state index contributed by atoms with van der Waals surface area (Å²) < 4.78 is 10.4. The van der Waals surface area contributed by atoms with E-state index in [0.717, 1.165) is 0 Å². The number of anilines is 1. The molecule has 0 saturated heterocycles. The first-order chi connectivity index (χ1) is 14.4. The molecule has 0 radical (unpaired) electrons. The van der Waals surface area contributed by atoms with E-state index in [-0.39, 0.29) is 24.7 Å². The van der Waals surface area contributed by atoms with Gasteiger partial charge in [-0.25, -0.2) is 9.59 Å². The van der Waals surface area contributed by atoms with Crippen molar-refractivity contribution in [2.75, 3.05) is 18.2 Å². The van der Waals surface area contributed by atoms with E-state index in [1.165, 1.54) is 29.3 Å². The average Bonchev–Trinajstić information content (AvgIpc) is 3.01. The molecular weight excluding hydrogens is 388 g/mol. The number of carboxylic acid groups (broad SMARTS) is 1. The molecule has 0 atom stereocenters. The van der Waals surface area contributed by atoms with Crippen LogP contribution in [-0.4, -0.2) is 41.9 Å². The lowest BCUT2D eigenvalue weighted by atomic mass is 10.1. The first-order valence-corrected chi connectivity index (χ1v) is 9.23. The molecule has 1 N–H and O–H groups in total. The van der Waals surface area contributed by atoms with Gasteiger partial charge in [0.2, 0.25) is 0 Å². The van der Waals surface area contributed by atoms with Crippen molar-refractivity contribution in [3.05, 3.63) is 65.2 Å². The third kappa shape index (κ3) is 4.54. The average molecular weight is 408 g/mol. The molecule has 1 heterocycles. The molecule has 0 unspecified atom stereocenters. The van der Waals surface area contributed by atoms with Gasteiger partial charge in [-0.15, -0.1) is 0 Å². The van der Waals surface area contributed by atoms with Crippen molar-refractivity contribution in [1.29, 1.82) is 0 Å². The second-order valence-electron chi connectivity index (χ2n) is 6.34. The summed E-state index contributed by atoms with van der Waals surface area (Å²) >= 11 is 0. The van der Waals surface area contributed by atoms with Gasteiger partial charge in [-0.3, -0.25) is 4.79 Å². The third-order valence-electron chi connectivity index (χ3n) is 4.29. The molecule has 0 aromatic heterocycles. The fourth-order valence-corrected chi connectivity index (χ4v) is 2.83. The largest absolute Gasteiger partial charge is 0.481 e. The number of carboxylic acids is 1. The molecule has 8 heteroatoms. The molecule has 30 heavy (non-hydrogen) atoms. The Morgan fingerprint density at radius 3 is 2.50 bits per heavy atom. The zero-order valence-electron chi connectivity index (χ0n) is 16.5. The van der Waals surface area contributed by atoms with Crippen LogP contribution in [0.15, 0.2) is 59.2 Å². The van der Waals surface area contributed by atoms with Crippen molar-refractivity contribution in [2.24, 2.45) is 5.10 Å². The molecule has 154 valence electrons. The molecule has 1 aliphatic heterocycles. The van der Waals surface area contributed by atoms with Crippen LogP contribution < -0.4 is 9.75 Å². The Balaban J connectivity index is 1.83. The maximum Gasteiger partial charge on any atom is 0.344 e. The number of hydrazone groups is 1. The lowest BCUT2D eigenvalue weighted by Gasteiger charge is -2.12. The van der Waals surface area contributed by atoms with Gasteiger partial charge in [-0.2, -0.15) is 10.1 Å². The summed E-state index contributed by atoms with van der Waals surface area (Å²) in [6, 6.07) is 12.9. The predicted octanol–water partition coefficient (Wildman–Crippen LogP) is 3.13. The van der Waals surface area contributed by atoms with Gasteiger partial charge in [0.15, 0.2) is 6.61 Å². The Labute approximate surface area is 173 Å². The van der Waals surface area contributed by atoms with Crippen LogP contribution in [0, 0.1) is 0 Å². The Morgan fingerprint density at radius 1 is 1.13 bits per heavy atom. The summed E-state index contributed by atoms with van der Waals surface area (Å²) in [4.78, 5) is 35.5. The first kappa shape index (κ1) is 20.8. The molecule has 2 aromatic rings. The minimum absolute atomic E-state index is 0.120. The predicted molar refractivity (Wildman–Crippen MR) is 111 cm³/mol. The van der Waals surface area contributed by atoms with Gasteiger partial charge >= 0.3 is 11.9 Å². The van der Waals surface area contributed by atoms with E-state index < -0.39 is 11.9 Å². The van der Waals surface area contributed by atoms with Crippen molar-refractivity contribution >= 4 is 35.3 Å². The van der Waals surface area contributed by atoms with Crippen LogP contribution in [-0.2, 0) is 14.3 Å². The van der Waals surface area contributed by atoms with Gasteiger partial charge in [0.1, 0.15) is 5.75 Å². The Kier molecular flexibility index (Phi) is 6.26. The molecular formula is C22H20N2O6. The van der Waals surface area contributed by atoms with Crippen LogP contribution in [0.5, 0.6) is 5.75 Å². The smallest absolute Gasteiger partial charge is 0.344 e. The SMILES string of the molecule is CCOC(=O)COc1ccccc1/C=C1/C(=O)N(c2ccc(C(=O)O)cc2)N=C1C. The van der Waals surface area contributed by atoms with Gasteiger partial charge in [-0.1, -0.05) is 18.2 Å². The molecule has 0 bridgehead atoms. The number of para-hydroxylation sites is 1. The maximum absolute atomic E-state index is 12.9. The lowest BCUT2D eigenvalue weighted by Crippen LogP contribution is -2.21. The number of rotatable bonds is 7. The quantitative estimate of drug-likeness (QED) is 0.557. The van der Waals surface area contributed by atoms with E-state index in [1.54, 1.807) is 44.2 Å². The highest BCUT2D eigenvalue weighted by atomic mass is 16.6. The summed E-state index contributed by atoms with van der Waals surface area (Å²) in [5.74, 6) is -1.45. The summed E-state index contributed by atoms with van der Waals surface area (Å²) in [7, 11) is 0. The van der Waals surface area contributed by atoms with Gasteiger partial charge < -0.3 is 14.6 Å². The van der Waals surface area contributed by atoms with E-state index in [2.05, 4.69) is 5.10 Å². The van der Waals surface area contributed by atoms with Crippen molar-refractivity contribution in [3.8, 4) is 5.75 Å². The van der Waals surface area contributed by atoms with E-state index in [4.69, 9.17) is 14.6 Å². The number of hydrogen-bond acceptors (Lipinski definition) is 6. The summed E-state index contributed by atoms with van der Waals surface area (Å²) in [6.07, 6.45) is 1.65. The fraction of sp³-hybridized carbons (Fsp3) is 0.182. The number of esters is 1. The number of carbonyl (C=O) groups excluding carboxylic acids is 2. The van der Waals surface area contributed by atoms with E-state index in [9.17, 15) is 14.4 Å². The molecule has 0 fully saturated rings. The third-order valence-corrected chi connectivity index (χ3v) is 4.29. The second-order valence-corrected chi connectivity index (χ2v) is 6.34. The van der Waals surface area contributed by atoms with Crippen molar-refractivity contribution in [2.45, 2.75) is 13.8 Å². The number of benzene rings is 2. The highest BCUT2D eigenvalue weighted by Crippen LogP contribution is 2.28. The topological polar surface area (TPSA) is 106 Å². The Bertz CT molecular complexity index is 1040. The highest BCUT2D eigenvalue weighted by molar-refractivity contribution is 6.32. The molecule has 0 spiro atoms. The van der Waals surface area contributed by atoms with Crippen molar-refractivity contribution in [1.82, 2.24) is 0 Å². The minimum atomic E-state index is -1.05. The molecule has 1 amide bonds. The van der Waals surface area contributed by atoms with Crippen LogP contribution in [0.2, 0.25) is 0 Å². The maximum atomic E-state index is 12.9. The monoisotopic (exact) mass is 408 g/mol. The number of ether oxygens (including phenoxy) is 2. The van der Waals surface area contributed by atoms with E-state index in [0.29, 0.717) is 28.3 Å². The number of carbonyl (C=O) groups is 3. The summed E-state index contributed by atoms with van der Waals surface area (Å²) in [6.45, 7) is 3.45. The first-order valence-electron chi connectivity index (χ1n) is 9.23. The highest BCUT2D eigenvalue weighted by Gasteiger charge is 2.29. The number of nitrogens with zero attached hydrogens (tertiary/aromatic N) is 2. The Hall–Kier alpha value is -3.94. The van der Waals surface area contributed by atoms with Crippen LogP contribution >= 0.6 is 0 Å². The second kappa shape index (κ2) is 9.04. The van der Waals surface area contributed by atoms with Crippen LogP contribution in [0.1, 0.15) is 29.8 Å². The minimum Gasteiger partial charge on any atom is -0.481 e. The van der Waals surface area contributed by atoms with E-state index in [1.807, 2.05) is 0 Å².